The van der Waals surface area contributed by atoms with Crippen LogP contribution in [-0.4, -0.2) is 43.3 Å². The first-order valence-corrected chi connectivity index (χ1v) is 6.09. The van der Waals surface area contributed by atoms with E-state index in [1.165, 1.54) is 5.56 Å². The van der Waals surface area contributed by atoms with Gasteiger partial charge in [-0.25, -0.2) is 9.97 Å². The Morgan fingerprint density at radius 1 is 1.53 bits per heavy atom. The minimum atomic E-state index is 0.327. The lowest BCUT2D eigenvalue weighted by atomic mass is 10.2. The number of ether oxygens (including phenoxy) is 1. The van der Waals surface area contributed by atoms with Crippen molar-refractivity contribution in [1.29, 1.82) is 0 Å². The lowest BCUT2D eigenvalue weighted by Gasteiger charge is -2.21. The smallest absolute Gasteiger partial charge is 0.137 e. The molecule has 0 amide bonds. The van der Waals surface area contributed by atoms with Crippen molar-refractivity contribution < 1.29 is 4.74 Å². The van der Waals surface area contributed by atoms with Gasteiger partial charge in [-0.05, 0) is 12.8 Å². The second-order valence-corrected chi connectivity index (χ2v) is 4.22. The molecular formula is C12H20N4O. The molecule has 0 aromatic carbocycles. The molecule has 0 saturated carbocycles. The average molecular weight is 236 g/mol. The zero-order chi connectivity index (χ0) is 12.3. The number of anilines is 2. The van der Waals surface area contributed by atoms with Gasteiger partial charge in [-0.15, -0.1) is 0 Å². The van der Waals surface area contributed by atoms with Gasteiger partial charge in [0.2, 0.25) is 0 Å². The maximum Gasteiger partial charge on any atom is 0.137 e. The molecule has 2 heterocycles. The standard InChI is InChI=1S/C12H20N4O/c1-4-10-11(13-2)14-8-15-12(10)16-6-5-9(7-16)17-3/h8-9H,4-7H2,1-3H3,(H,13,14,15). The van der Waals surface area contributed by atoms with Gasteiger partial charge in [0, 0.05) is 32.8 Å². The van der Waals surface area contributed by atoms with E-state index in [9.17, 15) is 0 Å². The highest BCUT2D eigenvalue weighted by atomic mass is 16.5. The fourth-order valence-corrected chi connectivity index (χ4v) is 2.33. The first-order chi connectivity index (χ1) is 8.30. The number of aromatic nitrogens is 2. The molecule has 1 aromatic heterocycles. The van der Waals surface area contributed by atoms with Crippen molar-refractivity contribution in [3.8, 4) is 0 Å². The summed E-state index contributed by atoms with van der Waals surface area (Å²) in [4.78, 5) is 11.0. The fraction of sp³-hybridized carbons (Fsp3) is 0.667. The first-order valence-electron chi connectivity index (χ1n) is 6.09. The maximum absolute atomic E-state index is 5.39. The predicted molar refractivity (Wildman–Crippen MR) is 68.6 cm³/mol. The molecule has 1 aliphatic heterocycles. The molecule has 1 aromatic rings. The molecule has 17 heavy (non-hydrogen) atoms. The van der Waals surface area contributed by atoms with Crippen LogP contribution < -0.4 is 10.2 Å². The van der Waals surface area contributed by atoms with Crippen LogP contribution >= 0.6 is 0 Å². The van der Waals surface area contributed by atoms with Crippen LogP contribution in [0.3, 0.4) is 0 Å². The molecule has 1 saturated heterocycles. The number of nitrogens with one attached hydrogen (secondary N) is 1. The van der Waals surface area contributed by atoms with Gasteiger partial charge in [-0.3, -0.25) is 0 Å². The Labute approximate surface area is 102 Å². The van der Waals surface area contributed by atoms with Crippen molar-refractivity contribution in [2.75, 3.05) is 37.5 Å². The molecule has 5 nitrogen and oxygen atoms in total. The van der Waals surface area contributed by atoms with Gasteiger partial charge in [0.05, 0.1) is 6.10 Å². The number of rotatable bonds is 4. The summed E-state index contributed by atoms with van der Waals surface area (Å²) >= 11 is 0. The minimum absolute atomic E-state index is 0.327. The van der Waals surface area contributed by atoms with Crippen LogP contribution in [0.2, 0.25) is 0 Å². The Balaban J connectivity index is 2.26. The predicted octanol–water partition coefficient (Wildman–Crippen LogP) is 1.31. The summed E-state index contributed by atoms with van der Waals surface area (Å²) in [5.41, 5.74) is 1.19. The summed E-state index contributed by atoms with van der Waals surface area (Å²) in [6.07, 6.45) is 3.95. The molecule has 1 aliphatic rings. The lowest BCUT2D eigenvalue weighted by molar-refractivity contribution is 0.121. The normalized spacial score (nSPS) is 19.7. The van der Waals surface area contributed by atoms with Crippen molar-refractivity contribution in [3.63, 3.8) is 0 Å². The molecular weight excluding hydrogens is 216 g/mol. The Bertz CT molecular complexity index is 383. The van der Waals surface area contributed by atoms with Gasteiger partial charge in [-0.1, -0.05) is 6.92 Å². The van der Waals surface area contributed by atoms with E-state index >= 15 is 0 Å². The van der Waals surface area contributed by atoms with E-state index in [1.54, 1.807) is 13.4 Å². The summed E-state index contributed by atoms with van der Waals surface area (Å²) < 4.78 is 5.39. The fourth-order valence-electron chi connectivity index (χ4n) is 2.33. The largest absolute Gasteiger partial charge is 0.380 e. The number of methoxy groups -OCH3 is 1. The van der Waals surface area contributed by atoms with Crippen LogP contribution in [0.1, 0.15) is 18.9 Å². The zero-order valence-corrected chi connectivity index (χ0v) is 10.7. The van der Waals surface area contributed by atoms with Crippen molar-refractivity contribution in [2.24, 2.45) is 0 Å². The highest BCUT2D eigenvalue weighted by Crippen LogP contribution is 2.27. The van der Waals surface area contributed by atoms with Crippen LogP contribution in [0.4, 0.5) is 11.6 Å². The molecule has 1 N–H and O–H groups in total. The van der Waals surface area contributed by atoms with Gasteiger partial charge in [-0.2, -0.15) is 0 Å². The maximum atomic E-state index is 5.39. The van der Waals surface area contributed by atoms with Crippen molar-refractivity contribution in [3.05, 3.63) is 11.9 Å². The summed E-state index contributed by atoms with van der Waals surface area (Å²) in [5, 5.41) is 3.13. The van der Waals surface area contributed by atoms with E-state index in [-0.39, 0.29) is 0 Å². The van der Waals surface area contributed by atoms with E-state index in [0.717, 1.165) is 37.6 Å². The molecule has 1 unspecified atom stereocenters. The van der Waals surface area contributed by atoms with E-state index in [4.69, 9.17) is 4.74 Å². The summed E-state index contributed by atoms with van der Waals surface area (Å²) in [7, 11) is 3.67. The van der Waals surface area contributed by atoms with Gasteiger partial charge in [0.25, 0.3) is 0 Å². The molecule has 0 spiro atoms. The van der Waals surface area contributed by atoms with Gasteiger partial charge in [0.15, 0.2) is 0 Å². The molecule has 2 rings (SSSR count). The minimum Gasteiger partial charge on any atom is -0.380 e. The third kappa shape index (κ3) is 2.34. The van der Waals surface area contributed by atoms with Crippen LogP contribution in [-0.2, 0) is 11.2 Å². The molecule has 0 bridgehead atoms. The van der Waals surface area contributed by atoms with Crippen LogP contribution in [0.5, 0.6) is 0 Å². The van der Waals surface area contributed by atoms with E-state index < -0.39 is 0 Å². The lowest BCUT2D eigenvalue weighted by Crippen LogP contribution is -2.24. The van der Waals surface area contributed by atoms with E-state index in [0.29, 0.717) is 6.10 Å². The molecule has 0 radical (unpaired) electrons. The van der Waals surface area contributed by atoms with Crippen LogP contribution in [0, 0.1) is 0 Å². The van der Waals surface area contributed by atoms with Crippen molar-refractivity contribution >= 4 is 11.6 Å². The Kier molecular flexibility index (Phi) is 3.78. The topological polar surface area (TPSA) is 50.3 Å². The Morgan fingerprint density at radius 2 is 2.35 bits per heavy atom. The number of nitrogens with zero attached hydrogens (tertiary/aromatic N) is 3. The summed E-state index contributed by atoms with van der Waals surface area (Å²) in [5.74, 6) is 1.98. The van der Waals surface area contributed by atoms with Gasteiger partial charge in [0.1, 0.15) is 18.0 Å². The van der Waals surface area contributed by atoms with Gasteiger partial charge < -0.3 is 15.0 Å². The van der Waals surface area contributed by atoms with Crippen molar-refractivity contribution in [1.82, 2.24) is 9.97 Å². The Morgan fingerprint density at radius 3 is 2.94 bits per heavy atom. The zero-order valence-electron chi connectivity index (χ0n) is 10.7. The molecule has 1 atom stereocenters. The number of hydrogen-bond acceptors (Lipinski definition) is 5. The third-order valence-electron chi connectivity index (χ3n) is 3.29. The number of hydrogen-bond donors (Lipinski definition) is 1. The second-order valence-electron chi connectivity index (χ2n) is 4.22. The molecule has 0 aliphatic carbocycles. The highest BCUT2D eigenvalue weighted by Gasteiger charge is 2.25. The van der Waals surface area contributed by atoms with Gasteiger partial charge >= 0.3 is 0 Å². The first kappa shape index (κ1) is 12.1. The quantitative estimate of drug-likeness (QED) is 0.854. The average Bonchev–Trinajstić information content (AvgIpc) is 2.86. The van der Waals surface area contributed by atoms with Crippen LogP contribution in [0.25, 0.3) is 0 Å². The summed E-state index contributed by atoms with van der Waals surface area (Å²) in [6, 6.07) is 0. The van der Waals surface area contributed by atoms with E-state index in [2.05, 4.69) is 27.1 Å². The monoisotopic (exact) mass is 236 g/mol. The second kappa shape index (κ2) is 5.31. The van der Waals surface area contributed by atoms with Crippen molar-refractivity contribution in [2.45, 2.75) is 25.9 Å². The summed E-state index contributed by atoms with van der Waals surface area (Å²) in [6.45, 7) is 4.06. The highest BCUT2D eigenvalue weighted by molar-refractivity contribution is 5.59. The molecule has 1 fully saturated rings. The SMILES string of the molecule is CCc1c(NC)ncnc1N1CCC(OC)C1. The Hall–Kier alpha value is -1.36. The third-order valence-corrected chi connectivity index (χ3v) is 3.29. The van der Waals surface area contributed by atoms with Crippen LogP contribution in [0.15, 0.2) is 6.33 Å². The molecule has 5 heteroatoms. The van der Waals surface area contributed by atoms with E-state index in [1.807, 2.05) is 7.05 Å². The molecule has 94 valence electrons.